The van der Waals surface area contributed by atoms with Crippen molar-refractivity contribution >= 4 is 45.6 Å². The normalized spacial score (nSPS) is 10.8. The molecular formula is C31H26BrClN2O5. The second-order valence-corrected chi connectivity index (χ2v) is 9.91. The Morgan fingerprint density at radius 2 is 1.68 bits per heavy atom. The predicted molar refractivity (Wildman–Crippen MR) is 159 cm³/mol. The maximum atomic E-state index is 12.9. The van der Waals surface area contributed by atoms with Gasteiger partial charge in [-0.3, -0.25) is 4.79 Å². The number of para-hydroxylation sites is 1. The molecule has 0 heterocycles. The molecule has 4 rings (SSSR count). The van der Waals surface area contributed by atoms with Gasteiger partial charge in [-0.25, -0.2) is 10.2 Å². The summed E-state index contributed by atoms with van der Waals surface area (Å²) in [6.07, 6.45) is 2.30. The largest absolute Gasteiger partial charge is 0.494 e. The molecule has 0 aliphatic rings. The molecule has 40 heavy (non-hydrogen) atoms. The second kappa shape index (κ2) is 14.3. The Morgan fingerprint density at radius 3 is 2.42 bits per heavy atom. The average Bonchev–Trinajstić information content (AvgIpc) is 2.97. The maximum Gasteiger partial charge on any atom is 0.343 e. The minimum Gasteiger partial charge on any atom is -0.494 e. The Hall–Kier alpha value is -4.14. The first-order valence-corrected chi connectivity index (χ1v) is 13.6. The predicted octanol–water partition coefficient (Wildman–Crippen LogP) is 7.45. The van der Waals surface area contributed by atoms with Gasteiger partial charge in [-0.2, -0.15) is 5.10 Å². The lowest BCUT2D eigenvalue weighted by Crippen LogP contribution is -2.19. The minimum atomic E-state index is -0.533. The Kier molecular flexibility index (Phi) is 10.3. The van der Waals surface area contributed by atoms with Crippen LogP contribution in [-0.4, -0.2) is 24.7 Å². The van der Waals surface area contributed by atoms with Crippen LogP contribution < -0.4 is 19.6 Å². The number of nitrogens with zero attached hydrogens (tertiary/aromatic N) is 1. The molecule has 0 saturated carbocycles. The van der Waals surface area contributed by atoms with Gasteiger partial charge in [-0.15, -0.1) is 0 Å². The summed E-state index contributed by atoms with van der Waals surface area (Å²) in [6, 6.07) is 26.0. The van der Waals surface area contributed by atoms with Crippen LogP contribution in [0.25, 0.3) is 0 Å². The minimum absolute atomic E-state index is 0.270. The monoisotopic (exact) mass is 620 g/mol. The van der Waals surface area contributed by atoms with E-state index in [0.717, 1.165) is 16.5 Å². The number of carbonyl (C=O) groups is 2. The summed E-state index contributed by atoms with van der Waals surface area (Å²) in [5.41, 5.74) is 4.60. The van der Waals surface area contributed by atoms with Crippen LogP contribution in [-0.2, 0) is 6.61 Å². The highest BCUT2D eigenvalue weighted by atomic mass is 79.9. The number of carbonyl (C=O) groups excluding carboxylic acids is 2. The molecule has 0 aliphatic heterocycles. The van der Waals surface area contributed by atoms with Crippen molar-refractivity contribution < 1.29 is 23.8 Å². The van der Waals surface area contributed by atoms with Crippen molar-refractivity contribution in [1.82, 2.24) is 5.43 Å². The molecular weight excluding hydrogens is 596 g/mol. The summed E-state index contributed by atoms with van der Waals surface area (Å²) < 4.78 is 17.8. The molecule has 4 aromatic carbocycles. The molecule has 0 aromatic heterocycles. The zero-order valence-corrected chi connectivity index (χ0v) is 23.9. The van der Waals surface area contributed by atoms with Crippen LogP contribution in [0.3, 0.4) is 0 Å². The molecule has 0 atom stereocenters. The van der Waals surface area contributed by atoms with E-state index < -0.39 is 11.9 Å². The SMILES string of the molecule is CCCOc1ccc(C(=O)Oc2ccc(Br)cc2C=NNC(=O)c2ccccc2OCc2ccc(Cl)cc2)cc1. The van der Waals surface area contributed by atoms with Gasteiger partial charge in [0.05, 0.1) is 23.9 Å². The number of ether oxygens (including phenoxy) is 3. The summed E-state index contributed by atoms with van der Waals surface area (Å²) in [7, 11) is 0. The molecule has 1 amide bonds. The molecule has 4 aromatic rings. The van der Waals surface area contributed by atoms with Gasteiger partial charge in [0.25, 0.3) is 5.91 Å². The van der Waals surface area contributed by atoms with Crippen molar-refractivity contribution in [3.63, 3.8) is 0 Å². The number of hydrazone groups is 1. The fraction of sp³-hybridized carbons (Fsp3) is 0.129. The highest BCUT2D eigenvalue weighted by Crippen LogP contribution is 2.24. The Morgan fingerprint density at radius 1 is 0.925 bits per heavy atom. The van der Waals surface area contributed by atoms with Gasteiger partial charge in [0.2, 0.25) is 0 Å². The quantitative estimate of drug-likeness (QED) is 0.0814. The molecule has 0 spiro atoms. The first-order valence-electron chi connectivity index (χ1n) is 12.5. The lowest BCUT2D eigenvalue weighted by Gasteiger charge is -2.11. The first-order chi connectivity index (χ1) is 19.4. The summed E-state index contributed by atoms with van der Waals surface area (Å²) in [5.74, 6) is 0.386. The van der Waals surface area contributed by atoms with E-state index in [1.54, 1.807) is 78.9 Å². The molecule has 204 valence electrons. The van der Waals surface area contributed by atoms with Crippen molar-refractivity contribution in [2.75, 3.05) is 6.61 Å². The van der Waals surface area contributed by atoms with Gasteiger partial charge in [-0.1, -0.05) is 58.7 Å². The number of rotatable bonds is 11. The van der Waals surface area contributed by atoms with Gasteiger partial charge in [0.1, 0.15) is 23.9 Å². The topological polar surface area (TPSA) is 86.2 Å². The van der Waals surface area contributed by atoms with Crippen molar-refractivity contribution in [2.45, 2.75) is 20.0 Å². The van der Waals surface area contributed by atoms with Crippen LogP contribution in [0.2, 0.25) is 5.02 Å². The second-order valence-electron chi connectivity index (χ2n) is 8.55. The standard InChI is InChI=1S/C31H26BrClN2O5/c1-2-17-38-26-14-9-22(10-15-26)31(37)40-28-16-11-24(32)18-23(28)19-34-35-30(36)27-5-3-4-6-29(27)39-20-21-7-12-25(33)13-8-21/h3-16,18-19H,2,17,20H2,1H3,(H,35,36). The summed E-state index contributed by atoms with van der Waals surface area (Å²) in [5, 5.41) is 4.72. The summed E-state index contributed by atoms with van der Waals surface area (Å²) >= 11 is 9.36. The number of benzene rings is 4. The van der Waals surface area contributed by atoms with Crippen LogP contribution in [0, 0.1) is 0 Å². The fourth-order valence-electron chi connectivity index (χ4n) is 3.52. The molecule has 0 fully saturated rings. The zero-order valence-electron chi connectivity index (χ0n) is 21.6. The average molecular weight is 622 g/mol. The highest BCUT2D eigenvalue weighted by Gasteiger charge is 2.14. The van der Waals surface area contributed by atoms with Crippen LogP contribution in [0.4, 0.5) is 0 Å². The number of nitrogens with one attached hydrogen (secondary N) is 1. The molecule has 9 heteroatoms. The fourth-order valence-corrected chi connectivity index (χ4v) is 4.03. The lowest BCUT2D eigenvalue weighted by atomic mass is 10.2. The molecule has 0 bridgehead atoms. The zero-order chi connectivity index (χ0) is 28.3. The van der Waals surface area contributed by atoms with E-state index in [2.05, 4.69) is 26.5 Å². The summed E-state index contributed by atoms with van der Waals surface area (Å²) in [6.45, 7) is 2.89. The van der Waals surface area contributed by atoms with E-state index in [-0.39, 0.29) is 12.4 Å². The number of halogens is 2. The van der Waals surface area contributed by atoms with E-state index in [1.807, 2.05) is 19.1 Å². The van der Waals surface area contributed by atoms with Gasteiger partial charge in [0, 0.05) is 15.1 Å². The molecule has 0 unspecified atom stereocenters. The van der Waals surface area contributed by atoms with Crippen LogP contribution in [0.15, 0.2) is 101 Å². The molecule has 1 N–H and O–H groups in total. The molecule has 7 nitrogen and oxygen atoms in total. The number of esters is 1. The van der Waals surface area contributed by atoms with Crippen molar-refractivity contribution in [3.05, 3.63) is 123 Å². The third-order valence-corrected chi connectivity index (χ3v) is 6.29. The number of amides is 1. The first kappa shape index (κ1) is 28.9. The van der Waals surface area contributed by atoms with Crippen LogP contribution >= 0.6 is 27.5 Å². The molecule has 0 saturated heterocycles. The van der Waals surface area contributed by atoms with Crippen LogP contribution in [0.1, 0.15) is 45.2 Å². The van der Waals surface area contributed by atoms with E-state index in [1.165, 1.54) is 6.21 Å². The highest BCUT2D eigenvalue weighted by molar-refractivity contribution is 9.10. The van der Waals surface area contributed by atoms with Gasteiger partial charge in [0.15, 0.2) is 0 Å². The van der Waals surface area contributed by atoms with Crippen molar-refractivity contribution in [1.29, 1.82) is 0 Å². The Balaban J connectivity index is 1.41. The maximum absolute atomic E-state index is 12.9. The lowest BCUT2D eigenvalue weighted by molar-refractivity contribution is 0.0734. The van der Waals surface area contributed by atoms with E-state index >= 15 is 0 Å². The van der Waals surface area contributed by atoms with Crippen molar-refractivity contribution in [2.24, 2.45) is 5.10 Å². The molecule has 0 aliphatic carbocycles. The Labute approximate surface area is 245 Å². The van der Waals surface area contributed by atoms with Crippen LogP contribution in [0.5, 0.6) is 17.2 Å². The van der Waals surface area contributed by atoms with Gasteiger partial charge in [-0.05, 0) is 78.7 Å². The third-order valence-electron chi connectivity index (χ3n) is 5.55. The smallest absolute Gasteiger partial charge is 0.343 e. The number of hydrogen-bond donors (Lipinski definition) is 1. The van der Waals surface area contributed by atoms with Crippen molar-refractivity contribution in [3.8, 4) is 17.2 Å². The molecule has 0 radical (unpaired) electrons. The van der Waals surface area contributed by atoms with Gasteiger partial charge >= 0.3 is 5.97 Å². The third kappa shape index (κ3) is 8.18. The Bertz CT molecular complexity index is 1490. The van der Waals surface area contributed by atoms with E-state index in [9.17, 15) is 9.59 Å². The van der Waals surface area contributed by atoms with E-state index in [4.69, 9.17) is 25.8 Å². The van der Waals surface area contributed by atoms with Gasteiger partial charge < -0.3 is 14.2 Å². The summed E-state index contributed by atoms with van der Waals surface area (Å²) in [4.78, 5) is 25.6. The van der Waals surface area contributed by atoms with E-state index in [0.29, 0.717) is 39.8 Å². The number of hydrogen-bond acceptors (Lipinski definition) is 6.